The van der Waals surface area contributed by atoms with Gasteiger partial charge in [-0.2, -0.15) is 18.4 Å². The maximum absolute atomic E-state index is 11.7. The number of nitriles is 1. The summed E-state index contributed by atoms with van der Waals surface area (Å²) in [6.45, 7) is 0. The van der Waals surface area contributed by atoms with Crippen LogP contribution in [0.5, 0.6) is 0 Å². The van der Waals surface area contributed by atoms with Crippen molar-refractivity contribution >= 4 is 35.5 Å². The summed E-state index contributed by atoms with van der Waals surface area (Å²) in [4.78, 5) is 10.5. The molecule has 0 rings (SSSR count). The number of carbonyl (C=O) groups is 1. The number of nitrogens with zero attached hydrogens (tertiary/aromatic N) is 1. The van der Waals surface area contributed by atoms with E-state index < -0.39 is 23.5 Å². The van der Waals surface area contributed by atoms with Gasteiger partial charge in [-0.15, -0.1) is 0 Å². The van der Waals surface area contributed by atoms with Gasteiger partial charge in [0.1, 0.15) is 6.07 Å². The zero-order valence-electron chi connectivity index (χ0n) is 6.34. The first-order chi connectivity index (χ1) is 5.84. The first kappa shape index (κ1) is 15.7. The van der Waals surface area contributed by atoms with E-state index in [1.807, 2.05) is 0 Å². The van der Waals surface area contributed by atoms with Crippen LogP contribution in [-0.2, 0) is 9.53 Å². The van der Waals surface area contributed by atoms with Gasteiger partial charge in [0.25, 0.3) is 0 Å². The fourth-order valence-corrected chi connectivity index (χ4v) is 0.439. The van der Waals surface area contributed by atoms with Gasteiger partial charge in [-0.25, -0.2) is 4.79 Å². The average molecular weight is 219 g/mol. The Kier molecular flexibility index (Phi) is 6.64. The van der Waals surface area contributed by atoms with Crippen LogP contribution in [0, 0.1) is 11.3 Å². The first-order valence-corrected chi connectivity index (χ1v) is 2.83. The molecule has 1 N–H and O–H groups in total. The number of esters is 1. The molecule has 0 unspecified atom stereocenters. The quantitative estimate of drug-likeness (QED) is 0.228. The van der Waals surface area contributed by atoms with Crippen LogP contribution in [0.25, 0.3) is 0 Å². The monoisotopic (exact) mass is 219 g/mol. The van der Waals surface area contributed by atoms with Crippen molar-refractivity contribution < 1.29 is 27.8 Å². The fourth-order valence-electron chi connectivity index (χ4n) is 0.439. The predicted molar refractivity (Wildman–Crippen MR) is 40.5 cm³/mol. The Morgan fingerprint density at radius 1 is 1.50 bits per heavy atom. The van der Waals surface area contributed by atoms with Crippen LogP contribution in [0.15, 0.2) is 11.3 Å². The third-order valence-electron chi connectivity index (χ3n) is 1.01. The maximum atomic E-state index is 11.7. The fraction of sp³-hybridized carbons (Fsp3) is 0.333. The van der Waals surface area contributed by atoms with Crippen molar-refractivity contribution in [3.63, 3.8) is 0 Å². The van der Waals surface area contributed by atoms with Gasteiger partial charge in [-0.1, -0.05) is 0 Å². The molecule has 0 saturated carbocycles. The summed E-state index contributed by atoms with van der Waals surface area (Å²) in [6.07, 6.45) is -5.13. The number of hydrogen-bond donors (Lipinski definition) is 1. The van der Waals surface area contributed by atoms with E-state index in [4.69, 9.17) is 10.4 Å². The summed E-state index contributed by atoms with van der Waals surface area (Å²) in [5, 5.41) is 16.5. The van der Waals surface area contributed by atoms with E-state index in [9.17, 15) is 18.0 Å². The summed E-state index contributed by atoms with van der Waals surface area (Å²) < 4.78 is 39.0. The zero-order valence-corrected chi connectivity index (χ0v) is 6.34. The van der Waals surface area contributed by atoms with E-state index in [0.29, 0.717) is 0 Å². The molecule has 0 saturated heterocycles. The van der Waals surface area contributed by atoms with Crippen LogP contribution in [0.3, 0.4) is 0 Å². The Balaban J connectivity index is 0. The average Bonchev–Trinajstić information content (AvgIpc) is 2.03. The molecule has 0 aliphatic carbocycles. The molecule has 0 atom stereocenters. The number of hydrogen-bond acceptors (Lipinski definition) is 4. The topological polar surface area (TPSA) is 70.3 Å². The number of aliphatic hydroxyl groups excluding tert-OH is 1. The predicted octanol–water partition coefficient (Wildman–Crippen LogP) is 0.409. The van der Waals surface area contributed by atoms with Crippen molar-refractivity contribution in [3.8, 4) is 6.07 Å². The normalized spacial score (nSPS) is 11.9. The van der Waals surface area contributed by atoms with E-state index in [1.165, 1.54) is 0 Å². The summed E-state index contributed by atoms with van der Waals surface area (Å²) in [7, 11) is 0.795. The van der Waals surface area contributed by atoms with Crippen LogP contribution in [0.1, 0.15) is 0 Å². The van der Waals surface area contributed by atoms with E-state index in [2.05, 4.69) is 4.74 Å². The summed E-state index contributed by atoms with van der Waals surface area (Å²) in [5.74, 6) is -3.78. The van der Waals surface area contributed by atoms with Crippen molar-refractivity contribution in [2.75, 3.05) is 7.11 Å². The first-order valence-electron chi connectivity index (χ1n) is 2.83. The molecule has 0 aliphatic rings. The molecule has 0 aliphatic heterocycles. The second kappa shape index (κ2) is 5.90. The Bertz CT molecular complexity index is 292. The molecule has 14 heavy (non-hydrogen) atoms. The third-order valence-corrected chi connectivity index (χ3v) is 1.01. The molecule has 0 aromatic carbocycles. The van der Waals surface area contributed by atoms with Gasteiger partial charge in [0, 0.05) is 0 Å². The molecule has 0 aromatic heterocycles. The summed E-state index contributed by atoms with van der Waals surface area (Å²) in [5.41, 5.74) is -1.46. The second-order valence-corrected chi connectivity index (χ2v) is 1.82. The van der Waals surface area contributed by atoms with Crippen LogP contribution in [-0.4, -0.2) is 53.9 Å². The van der Waals surface area contributed by atoms with Gasteiger partial charge < -0.3 is 9.84 Å². The second-order valence-electron chi connectivity index (χ2n) is 1.82. The number of aliphatic hydroxyl groups is 1. The number of rotatable bonds is 1. The molecule has 0 bridgehead atoms. The van der Waals surface area contributed by atoms with Gasteiger partial charge in [0.05, 0.1) is 7.11 Å². The minimum atomic E-state index is -5.13. The van der Waals surface area contributed by atoms with Crippen molar-refractivity contribution in [1.29, 1.82) is 5.26 Å². The van der Waals surface area contributed by atoms with Gasteiger partial charge in [0.15, 0.2) is 5.57 Å². The molecular formula is C6H5F3NNaO3. The molecule has 0 aromatic rings. The van der Waals surface area contributed by atoms with Gasteiger partial charge >= 0.3 is 41.7 Å². The van der Waals surface area contributed by atoms with E-state index >= 15 is 0 Å². The van der Waals surface area contributed by atoms with Gasteiger partial charge in [0.2, 0.25) is 5.76 Å². The van der Waals surface area contributed by atoms with Crippen LogP contribution in [0.2, 0.25) is 0 Å². The number of allylic oxidation sites excluding steroid dienone is 1. The van der Waals surface area contributed by atoms with Crippen LogP contribution in [0.4, 0.5) is 13.2 Å². The Labute approximate surface area is 99.2 Å². The third kappa shape index (κ3) is 4.00. The van der Waals surface area contributed by atoms with Crippen LogP contribution < -0.4 is 0 Å². The molecule has 0 spiro atoms. The SMILES string of the molecule is COC(=O)/C(C#N)=C(/O)C(F)(F)F.[NaH]. The number of carbonyl (C=O) groups excluding carboxylic acids is 1. The molecular weight excluding hydrogens is 214 g/mol. The molecule has 4 nitrogen and oxygen atoms in total. The molecule has 0 fully saturated rings. The summed E-state index contributed by atoms with van der Waals surface area (Å²) in [6, 6.07) is 0.894. The molecule has 0 heterocycles. The van der Waals surface area contributed by atoms with Gasteiger partial charge in [-0.3, -0.25) is 0 Å². The van der Waals surface area contributed by atoms with Crippen molar-refractivity contribution in [2.24, 2.45) is 0 Å². The molecule has 8 heteroatoms. The van der Waals surface area contributed by atoms with E-state index in [-0.39, 0.29) is 29.6 Å². The number of ether oxygens (including phenoxy) is 1. The molecule has 0 radical (unpaired) electrons. The molecule has 74 valence electrons. The summed E-state index contributed by atoms with van der Waals surface area (Å²) >= 11 is 0. The number of methoxy groups -OCH3 is 1. The number of alkyl halides is 3. The van der Waals surface area contributed by atoms with Crippen molar-refractivity contribution in [2.45, 2.75) is 6.18 Å². The van der Waals surface area contributed by atoms with Crippen LogP contribution >= 0.6 is 0 Å². The van der Waals surface area contributed by atoms with Crippen molar-refractivity contribution in [1.82, 2.24) is 0 Å². The number of halogens is 3. The molecule has 0 amide bonds. The Hall–Kier alpha value is -0.710. The van der Waals surface area contributed by atoms with E-state index in [0.717, 1.165) is 13.2 Å². The standard InChI is InChI=1S/C6H4F3NO3.Na.H/c1-13-5(12)3(2-10)4(11)6(7,8)9;;/h11H,1H3;;/b4-3+;;. The Morgan fingerprint density at radius 2 is 1.93 bits per heavy atom. The van der Waals surface area contributed by atoms with Crippen molar-refractivity contribution in [3.05, 3.63) is 11.3 Å². The Morgan fingerprint density at radius 3 is 2.14 bits per heavy atom. The van der Waals surface area contributed by atoms with Gasteiger partial charge in [-0.05, 0) is 0 Å². The minimum absolute atomic E-state index is 0. The zero-order chi connectivity index (χ0) is 10.6. The van der Waals surface area contributed by atoms with E-state index in [1.54, 1.807) is 0 Å².